The molecule has 8 rings (SSSR count). The molecule has 3 aliphatic heterocycles. The Morgan fingerprint density at radius 2 is 1.51 bits per heavy atom. The Balaban J connectivity index is 0.911. The summed E-state index contributed by atoms with van der Waals surface area (Å²) in [6.45, 7) is -3.37. The minimum atomic E-state index is -6.13. The first-order valence-electron chi connectivity index (χ1n) is 20.9. The number of nitrogen functional groups attached to an aromatic ring is 2. The van der Waals surface area contributed by atoms with Gasteiger partial charge in [-0.1, -0.05) is 0 Å². The van der Waals surface area contributed by atoms with E-state index in [2.05, 4.69) is 33.5 Å². The predicted octanol–water partition coefficient (Wildman–Crippen LogP) is -4.75. The van der Waals surface area contributed by atoms with Crippen molar-refractivity contribution in [3.05, 3.63) is 62.4 Å². The van der Waals surface area contributed by atoms with E-state index in [1.54, 1.807) is 0 Å². The molecule has 0 amide bonds. The predicted molar refractivity (Wildman–Crippen MR) is 230 cm³/mol. The van der Waals surface area contributed by atoms with Crippen molar-refractivity contribution in [3.63, 3.8) is 0 Å². The molecule has 72 heavy (non-hydrogen) atoms. The van der Waals surface area contributed by atoms with Gasteiger partial charge < -0.3 is 79.1 Å². The Morgan fingerprint density at radius 3 is 2.24 bits per heavy atom. The smallest absolute Gasteiger partial charge is 0.487 e. The van der Waals surface area contributed by atoms with E-state index in [0.717, 1.165) is 23.2 Å². The van der Waals surface area contributed by atoms with Gasteiger partial charge in [-0.25, -0.2) is 37.8 Å². The molecule has 0 aliphatic carbocycles. The van der Waals surface area contributed by atoms with Crippen LogP contribution in [-0.2, 0) is 71.6 Å². The fourth-order valence-corrected chi connectivity index (χ4v) is 11.8. The van der Waals surface area contributed by atoms with Crippen LogP contribution in [0.2, 0.25) is 0 Å². The van der Waals surface area contributed by atoms with Crippen LogP contribution in [0.25, 0.3) is 22.3 Å². The Morgan fingerprint density at radius 1 is 0.806 bits per heavy atom. The molecule has 0 aromatic carbocycles. The number of anilines is 2. The SMILES string of the molecule is COC[C@H]1[C@@H](O)[C@H](n2c[n+](C)c3c(=O)[nH]c(N)nc32)O[C@@H]1COP(=O)([O-])OP(=O)(O)OP(=O)(O)OC[C@H]1O[C@@H](n2cnc3c(N)ncnc32)[C@H](OC)[C@@H]1OCOC[C@H]1O[C@@H](n2ccc(=O)[nH]c2=O)[C@H](O)[C@@H]1O. The average molecular weight is 1080 g/mol. The molecule has 3 fully saturated rings. The summed E-state index contributed by atoms with van der Waals surface area (Å²) >= 11 is 0. The van der Waals surface area contributed by atoms with Crippen molar-refractivity contribution in [2.24, 2.45) is 13.0 Å². The topological polar surface area (TPSA) is 482 Å². The quantitative estimate of drug-likeness (QED) is 0.0144. The lowest BCUT2D eigenvalue weighted by molar-refractivity contribution is -0.646. The fraction of sp³-hybridized carbons (Fsp3) is 0.588. The number of aromatic nitrogens is 10. The van der Waals surface area contributed by atoms with E-state index < -0.39 is 140 Å². The first-order valence-corrected chi connectivity index (χ1v) is 25.4. The molecule has 0 bridgehead atoms. The van der Waals surface area contributed by atoms with Crippen LogP contribution in [0.4, 0.5) is 11.8 Å². The van der Waals surface area contributed by atoms with Gasteiger partial charge in [0.25, 0.3) is 24.5 Å². The number of hydrogen-bond donors (Lipinski definition) is 9. The van der Waals surface area contributed by atoms with Gasteiger partial charge in [-0.2, -0.15) is 13.9 Å². The number of hydrogen-bond acceptors (Lipinski definition) is 27. The van der Waals surface area contributed by atoms with Gasteiger partial charge in [0, 0.05) is 32.4 Å². The van der Waals surface area contributed by atoms with Gasteiger partial charge in [0.05, 0.1) is 45.9 Å². The summed E-state index contributed by atoms with van der Waals surface area (Å²) in [7, 11) is -13.9. The third kappa shape index (κ3) is 11.2. The monoisotopic (exact) mass is 1080 g/mol. The van der Waals surface area contributed by atoms with Gasteiger partial charge in [-0.3, -0.25) is 37.8 Å². The van der Waals surface area contributed by atoms with Crippen molar-refractivity contribution >= 4 is 57.6 Å². The van der Waals surface area contributed by atoms with E-state index in [4.69, 9.17) is 53.7 Å². The van der Waals surface area contributed by atoms with Crippen LogP contribution in [0.1, 0.15) is 18.7 Å². The highest BCUT2D eigenvalue weighted by molar-refractivity contribution is 7.66. The number of nitrogens with zero attached hydrogens (tertiary/aromatic N) is 8. The van der Waals surface area contributed by atoms with Crippen molar-refractivity contribution in [1.82, 2.24) is 43.6 Å². The van der Waals surface area contributed by atoms with Gasteiger partial charge >= 0.3 is 26.9 Å². The van der Waals surface area contributed by atoms with Crippen LogP contribution in [0.15, 0.2) is 45.6 Å². The largest absolute Gasteiger partial charge is 0.756 e. The second-order valence-electron chi connectivity index (χ2n) is 16.1. The third-order valence-corrected chi connectivity index (χ3v) is 15.7. The number of H-pyrrole nitrogens is 2. The fourth-order valence-electron chi connectivity index (χ4n) is 8.28. The number of fused-ring (bicyclic) bond motifs is 2. The number of aryl methyl sites for hydroxylation is 1. The van der Waals surface area contributed by atoms with Gasteiger partial charge in [0.15, 0.2) is 23.9 Å². The van der Waals surface area contributed by atoms with E-state index in [0.29, 0.717) is 0 Å². The van der Waals surface area contributed by atoms with E-state index in [9.17, 15) is 58.1 Å². The number of aromatic amines is 2. The molecule has 15 atom stereocenters. The Labute approximate surface area is 401 Å². The molecule has 3 saturated heterocycles. The molecule has 11 N–H and O–H groups in total. The number of nitrogens with one attached hydrogen (secondary N) is 2. The van der Waals surface area contributed by atoms with Crippen LogP contribution >= 0.6 is 23.5 Å². The van der Waals surface area contributed by atoms with Crippen molar-refractivity contribution in [3.8, 4) is 0 Å². The molecule has 0 radical (unpaired) electrons. The molecule has 38 heteroatoms. The number of nitrogens with two attached hydrogens (primary N) is 2. The standard InChI is InChI=1S/C34H47N12O23P3/c1-43-12-46(28-20(43)29(51)42-33(36)41-28)30-21(48)14(6-59-2)15(65-30)8-63-70(53,54)68-72(57,58)69-71(55,56)64-9-17-24(25(60-3)32(67-17)45-11-39-19-26(35)37-10-38-27(19)45)62-13-61-7-16-22(49)23(50)31(66-16)44-5-4-18(47)40-34(44)52/h4-5,10-12,14-17,21-25,30-32,48-50H,6-9,13H2,1-3H3,(H8-,35,36,37,38,40,41,42,47,51,52,53,54,55,56,57,58)/t14-,15-,16-,17-,21-,22-,23-,24-,25-,30-,31-,32-/m1/s1. The van der Waals surface area contributed by atoms with Gasteiger partial charge in [0.1, 0.15) is 61.4 Å². The van der Waals surface area contributed by atoms with Crippen LogP contribution in [0.3, 0.4) is 0 Å². The lowest BCUT2D eigenvalue weighted by atomic mass is 9.99. The van der Waals surface area contributed by atoms with Crippen LogP contribution in [-0.4, -0.2) is 165 Å². The van der Waals surface area contributed by atoms with Crippen molar-refractivity contribution in [1.29, 1.82) is 0 Å². The zero-order valence-corrected chi connectivity index (χ0v) is 40.2. The van der Waals surface area contributed by atoms with Gasteiger partial charge in [-0.15, -0.1) is 0 Å². The molecule has 3 aliphatic rings. The molecule has 3 unspecified atom stereocenters. The second kappa shape index (κ2) is 21.2. The number of aliphatic hydroxyl groups excluding tert-OH is 3. The number of imidazole rings is 2. The normalized spacial score (nSPS) is 30.2. The summed E-state index contributed by atoms with van der Waals surface area (Å²) in [5.41, 5.74) is 9.76. The summed E-state index contributed by atoms with van der Waals surface area (Å²) in [6.07, 6.45) is -10.4. The van der Waals surface area contributed by atoms with Crippen molar-refractivity contribution in [2.45, 2.75) is 67.5 Å². The van der Waals surface area contributed by atoms with Crippen molar-refractivity contribution in [2.75, 3.05) is 58.9 Å². The number of methoxy groups -OCH3 is 2. The maximum Gasteiger partial charge on any atom is 0.487 e. The molecule has 0 saturated carbocycles. The Kier molecular flexibility index (Phi) is 15.7. The van der Waals surface area contributed by atoms with E-state index in [1.807, 2.05) is 4.98 Å². The van der Waals surface area contributed by atoms with E-state index >= 15 is 0 Å². The number of ether oxygens (including phenoxy) is 7. The first kappa shape index (κ1) is 53.5. The summed E-state index contributed by atoms with van der Waals surface area (Å²) in [5, 5.41) is 32.5. The van der Waals surface area contributed by atoms with Crippen LogP contribution < -0.4 is 37.7 Å². The van der Waals surface area contributed by atoms with Crippen LogP contribution in [0.5, 0.6) is 0 Å². The Bertz CT molecular complexity index is 3100. The van der Waals surface area contributed by atoms with Gasteiger partial charge in [-0.05, 0) is 0 Å². The summed E-state index contributed by atoms with van der Waals surface area (Å²) < 4.78 is 102. The Hall–Kier alpha value is -4.81. The molecule has 8 heterocycles. The third-order valence-electron chi connectivity index (χ3n) is 11.5. The van der Waals surface area contributed by atoms with Gasteiger partial charge in [0.2, 0.25) is 18.5 Å². The minimum absolute atomic E-state index is 0.00246. The number of phosphoric acid groups is 3. The summed E-state index contributed by atoms with van der Waals surface area (Å²) in [4.78, 5) is 91.0. The minimum Gasteiger partial charge on any atom is -0.756 e. The lowest BCUT2D eigenvalue weighted by Gasteiger charge is -2.27. The second-order valence-corrected chi connectivity index (χ2v) is 20.7. The highest BCUT2D eigenvalue weighted by atomic mass is 31.3. The number of aliphatic hydroxyl groups is 3. The number of phosphoric ester groups is 2. The molecule has 0 spiro atoms. The molecule has 5 aromatic heterocycles. The van der Waals surface area contributed by atoms with Crippen molar-refractivity contribution < 1.29 is 99.1 Å². The zero-order chi connectivity index (χ0) is 52.0. The summed E-state index contributed by atoms with van der Waals surface area (Å²) in [6, 6.07) is 1.00. The van der Waals surface area contributed by atoms with Crippen LogP contribution in [0, 0.1) is 5.92 Å². The maximum absolute atomic E-state index is 13.2. The van der Waals surface area contributed by atoms with E-state index in [-0.39, 0.29) is 40.7 Å². The molecular weight excluding hydrogens is 1040 g/mol. The molecule has 5 aromatic rings. The average Bonchev–Trinajstić information content (AvgIpc) is 4.10. The number of rotatable bonds is 21. The molecular formula is C34H47N12O23P3. The maximum atomic E-state index is 13.2. The van der Waals surface area contributed by atoms with E-state index in [1.165, 1.54) is 47.6 Å². The summed E-state index contributed by atoms with van der Waals surface area (Å²) in [5.74, 6) is -1.29. The first-order chi connectivity index (χ1) is 34.0. The highest BCUT2D eigenvalue weighted by Crippen LogP contribution is 2.66. The molecule has 35 nitrogen and oxygen atoms in total. The molecule has 396 valence electrons. The zero-order valence-electron chi connectivity index (χ0n) is 37.5. The lowest BCUT2D eigenvalue weighted by Crippen LogP contribution is -2.39. The highest BCUT2D eigenvalue weighted by Gasteiger charge is 2.51.